The molecule has 0 unspecified atom stereocenters. The molecule has 0 atom stereocenters. The van der Waals surface area contributed by atoms with Crippen LogP contribution in [0.15, 0.2) is 42.5 Å². The van der Waals surface area contributed by atoms with E-state index in [9.17, 15) is 9.59 Å². The Morgan fingerprint density at radius 3 is 2.45 bits per heavy atom. The van der Waals surface area contributed by atoms with Crippen LogP contribution >= 0.6 is 11.6 Å². The quantitative estimate of drug-likeness (QED) is 0.766. The highest BCUT2D eigenvalue weighted by Crippen LogP contribution is 2.28. The number of quaternary nitrogens is 1. The molecule has 2 aliphatic rings. The highest BCUT2D eigenvalue weighted by molar-refractivity contribution is 6.31. The summed E-state index contributed by atoms with van der Waals surface area (Å²) in [5.74, 6) is -0.154. The van der Waals surface area contributed by atoms with Gasteiger partial charge in [-0.15, -0.1) is 0 Å². The van der Waals surface area contributed by atoms with Gasteiger partial charge in [0.15, 0.2) is 0 Å². The van der Waals surface area contributed by atoms with Crippen LogP contribution in [0.2, 0.25) is 5.02 Å². The molecule has 2 aromatic rings. The molecule has 0 aromatic heterocycles. The van der Waals surface area contributed by atoms with Gasteiger partial charge in [-0.25, -0.2) is 0 Å². The lowest BCUT2D eigenvalue weighted by molar-refractivity contribution is -0.901. The Balaban J connectivity index is 1.40. The third kappa shape index (κ3) is 4.80. The van der Waals surface area contributed by atoms with Crippen molar-refractivity contribution in [3.05, 3.63) is 64.2 Å². The van der Waals surface area contributed by atoms with Crippen LogP contribution in [0.4, 0.5) is 5.69 Å². The maximum atomic E-state index is 12.8. The van der Waals surface area contributed by atoms with Crippen LogP contribution in [0.1, 0.15) is 47.2 Å². The Morgan fingerprint density at radius 2 is 1.76 bits per heavy atom. The molecule has 4 rings (SSSR count). The highest BCUT2D eigenvalue weighted by Gasteiger charge is 2.26. The summed E-state index contributed by atoms with van der Waals surface area (Å²) in [5, 5.41) is 3.50. The number of amides is 2. The maximum absolute atomic E-state index is 12.8. The summed E-state index contributed by atoms with van der Waals surface area (Å²) in [6, 6.07) is 13.6. The van der Waals surface area contributed by atoms with E-state index in [4.69, 9.17) is 11.6 Å². The fourth-order valence-electron chi connectivity index (χ4n) is 4.22. The molecular weight excluding hydrogens is 386 g/mol. The zero-order valence-corrected chi connectivity index (χ0v) is 17.3. The molecule has 5 nitrogen and oxygen atoms in total. The first-order valence-corrected chi connectivity index (χ1v) is 10.8. The number of benzene rings is 2. The van der Waals surface area contributed by atoms with E-state index in [2.05, 4.69) is 29.6 Å². The van der Waals surface area contributed by atoms with Gasteiger partial charge in [0.05, 0.1) is 24.3 Å². The lowest BCUT2D eigenvalue weighted by Gasteiger charge is -2.20. The van der Waals surface area contributed by atoms with E-state index in [1.807, 2.05) is 0 Å². The molecule has 0 aliphatic carbocycles. The Morgan fingerprint density at radius 1 is 1.03 bits per heavy atom. The van der Waals surface area contributed by atoms with E-state index in [0.717, 1.165) is 18.5 Å². The summed E-state index contributed by atoms with van der Waals surface area (Å²) in [5.41, 5.74) is 3.48. The zero-order chi connectivity index (χ0) is 20.2. The van der Waals surface area contributed by atoms with Gasteiger partial charge in [-0.1, -0.05) is 35.9 Å². The van der Waals surface area contributed by atoms with Gasteiger partial charge < -0.3 is 15.1 Å². The number of nitrogens with zero attached hydrogens (tertiary/aromatic N) is 1. The van der Waals surface area contributed by atoms with E-state index in [-0.39, 0.29) is 11.8 Å². The first-order chi connectivity index (χ1) is 14.1. The fraction of sp³-hybridized carbons (Fsp3) is 0.391. The Kier molecular flexibility index (Phi) is 6.16. The van der Waals surface area contributed by atoms with Crippen LogP contribution in [-0.4, -0.2) is 31.4 Å². The molecule has 2 N–H and O–H groups in total. The van der Waals surface area contributed by atoms with Crippen LogP contribution in [0.3, 0.4) is 0 Å². The molecule has 0 bridgehead atoms. The van der Waals surface area contributed by atoms with Crippen LogP contribution in [0, 0.1) is 0 Å². The van der Waals surface area contributed by atoms with Crippen LogP contribution in [0.25, 0.3) is 0 Å². The van der Waals surface area contributed by atoms with Crippen LogP contribution < -0.4 is 15.1 Å². The lowest BCUT2D eigenvalue weighted by Crippen LogP contribution is -3.08. The second-order valence-electron chi connectivity index (χ2n) is 7.94. The summed E-state index contributed by atoms with van der Waals surface area (Å²) in [4.78, 5) is 28.3. The molecule has 6 heteroatoms. The normalized spacial score (nSPS) is 17.1. The molecule has 2 saturated heterocycles. The third-order valence-electron chi connectivity index (χ3n) is 5.81. The molecule has 152 valence electrons. The Hall–Kier alpha value is -2.37. The fourth-order valence-corrected chi connectivity index (χ4v) is 4.38. The van der Waals surface area contributed by atoms with Gasteiger partial charge in [-0.2, -0.15) is 0 Å². The van der Waals surface area contributed by atoms with Gasteiger partial charge in [0.2, 0.25) is 5.91 Å². The van der Waals surface area contributed by atoms with Gasteiger partial charge in [0, 0.05) is 42.9 Å². The predicted molar refractivity (Wildman–Crippen MR) is 114 cm³/mol. The number of rotatable bonds is 6. The van der Waals surface area contributed by atoms with Crippen molar-refractivity contribution in [2.45, 2.75) is 38.8 Å². The van der Waals surface area contributed by atoms with Crippen molar-refractivity contribution >= 4 is 29.1 Å². The van der Waals surface area contributed by atoms with Crippen molar-refractivity contribution in [2.24, 2.45) is 0 Å². The first-order valence-electron chi connectivity index (χ1n) is 10.4. The summed E-state index contributed by atoms with van der Waals surface area (Å²) < 4.78 is 0. The summed E-state index contributed by atoms with van der Waals surface area (Å²) in [6.07, 6.45) is 3.97. The molecule has 2 aromatic carbocycles. The number of hydrogen-bond acceptors (Lipinski definition) is 2. The average molecular weight is 413 g/mol. The van der Waals surface area contributed by atoms with E-state index < -0.39 is 0 Å². The second-order valence-corrected chi connectivity index (χ2v) is 8.38. The smallest absolute Gasteiger partial charge is 0.253 e. The lowest BCUT2D eigenvalue weighted by atomic mass is 10.1. The Labute approximate surface area is 176 Å². The molecule has 0 saturated carbocycles. The van der Waals surface area contributed by atoms with E-state index in [1.165, 1.54) is 31.5 Å². The van der Waals surface area contributed by atoms with E-state index in [0.29, 0.717) is 35.8 Å². The molecule has 2 fully saturated rings. The molecule has 0 spiro atoms. The zero-order valence-electron chi connectivity index (χ0n) is 16.5. The topological polar surface area (TPSA) is 53.9 Å². The highest BCUT2D eigenvalue weighted by atomic mass is 35.5. The van der Waals surface area contributed by atoms with Crippen molar-refractivity contribution < 1.29 is 14.5 Å². The van der Waals surface area contributed by atoms with Crippen molar-refractivity contribution in [3.8, 4) is 0 Å². The van der Waals surface area contributed by atoms with Gasteiger partial charge in [0.1, 0.15) is 6.54 Å². The largest absolute Gasteiger partial charge is 0.348 e. The number of carbonyl (C=O) groups excluding carboxylic acids is 2. The number of nitrogens with one attached hydrogen (secondary N) is 2. The van der Waals surface area contributed by atoms with Crippen molar-refractivity contribution in [1.82, 2.24) is 5.32 Å². The molecule has 29 heavy (non-hydrogen) atoms. The monoisotopic (exact) mass is 412 g/mol. The second kappa shape index (κ2) is 8.97. The summed E-state index contributed by atoms with van der Waals surface area (Å²) in [6.45, 7) is 4.68. The van der Waals surface area contributed by atoms with Crippen molar-refractivity contribution in [3.63, 3.8) is 0 Å². The molecule has 2 amide bonds. The standard InChI is InChI=1S/C23H26ClN3O2/c24-19-9-10-20(21(14-19)27-13-3-4-22(27)28)23(29)25-15-17-5-7-18(8-6-17)16-26-11-1-2-12-26/h5-10,14H,1-4,11-13,15-16H2,(H,25,29)/p+1. The summed E-state index contributed by atoms with van der Waals surface area (Å²) >= 11 is 6.12. The van der Waals surface area contributed by atoms with Crippen molar-refractivity contribution in [2.75, 3.05) is 24.5 Å². The van der Waals surface area contributed by atoms with Crippen LogP contribution in [0.5, 0.6) is 0 Å². The minimum atomic E-state index is -0.193. The summed E-state index contributed by atoms with van der Waals surface area (Å²) in [7, 11) is 0. The number of carbonyl (C=O) groups is 2. The molecule has 0 radical (unpaired) electrons. The average Bonchev–Trinajstić information content (AvgIpc) is 3.38. The van der Waals surface area contributed by atoms with Gasteiger partial charge in [-0.3, -0.25) is 9.59 Å². The maximum Gasteiger partial charge on any atom is 0.253 e. The number of likely N-dealkylation sites (tertiary alicyclic amines) is 1. The predicted octanol–water partition coefficient (Wildman–Crippen LogP) is 2.58. The minimum absolute atomic E-state index is 0.0389. The molecule has 2 heterocycles. The molecular formula is C23H27ClN3O2+. The Bertz CT molecular complexity index is 891. The van der Waals surface area contributed by atoms with Gasteiger partial charge >= 0.3 is 0 Å². The third-order valence-corrected chi connectivity index (χ3v) is 6.04. The minimum Gasteiger partial charge on any atom is -0.348 e. The van der Waals surface area contributed by atoms with Crippen LogP contribution in [-0.2, 0) is 17.9 Å². The number of hydrogen-bond donors (Lipinski definition) is 2. The first kappa shape index (κ1) is 19.9. The molecule has 2 aliphatic heterocycles. The number of anilines is 1. The number of halogens is 1. The van der Waals surface area contributed by atoms with E-state index in [1.54, 1.807) is 28.0 Å². The SMILES string of the molecule is O=C(NCc1ccc(C[NH+]2CCCC2)cc1)c1ccc(Cl)cc1N1CCCC1=O. The van der Waals surface area contributed by atoms with Gasteiger partial charge in [0.25, 0.3) is 5.91 Å². The van der Waals surface area contributed by atoms with Crippen molar-refractivity contribution in [1.29, 1.82) is 0 Å². The van der Waals surface area contributed by atoms with E-state index >= 15 is 0 Å². The van der Waals surface area contributed by atoms with Gasteiger partial charge in [-0.05, 0) is 30.2 Å².